The van der Waals surface area contributed by atoms with E-state index in [2.05, 4.69) is 4.74 Å². The minimum Gasteiger partial charge on any atom is -0.475 e. The van der Waals surface area contributed by atoms with Crippen molar-refractivity contribution in [2.45, 2.75) is 6.92 Å². The molecule has 0 aromatic carbocycles. The summed E-state index contributed by atoms with van der Waals surface area (Å²) in [7, 11) is 0. The van der Waals surface area contributed by atoms with Crippen LogP contribution in [0.3, 0.4) is 0 Å². The van der Waals surface area contributed by atoms with Crippen molar-refractivity contribution in [2.75, 3.05) is 12.4 Å². The molecule has 12 heavy (non-hydrogen) atoms. The van der Waals surface area contributed by atoms with Gasteiger partial charge < -0.3 is 9.84 Å². The molecule has 0 heterocycles. The molecule has 0 atom stereocenters. The molecule has 0 unspecified atom stereocenters. The largest absolute Gasteiger partial charge is 0.475 e. The van der Waals surface area contributed by atoms with E-state index in [-0.39, 0.29) is 12.4 Å². The second kappa shape index (κ2) is 5.59. The minimum absolute atomic E-state index is 0.215. The summed E-state index contributed by atoms with van der Waals surface area (Å²) in [5, 5.41) is 7.48. The van der Waals surface area contributed by atoms with Crippen LogP contribution in [0.1, 0.15) is 6.92 Å². The fourth-order valence-corrected chi connectivity index (χ4v) is 0.919. The first kappa shape index (κ1) is 11.0. The van der Waals surface area contributed by atoms with Crippen LogP contribution in [0.4, 0.5) is 4.79 Å². The molecule has 0 rings (SSSR count). The predicted molar refractivity (Wildman–Crippen MR) is 42.1 cm³/mol. The van der Waals surface area contributed by atoms with Crippen LogP contribution in [0, 0.1) is 0 Å². The SMILES string of the molecule is CCOC(=O)SCC(=O)C(=O)O. The maximum atomic E-state index is 10.6. The Hall–Kier alpha value is -1.04. The van der Waals surface area contributed by atoms with Gasteiger partial charge in [0.15, 0.2) is 0 Å². The zero-order chi connectivity index (χ0) is 9.56. The van der Waals surface area contributed by atoms with E-state index < -0.39 is 17.1 Å². The van der Waals surface area contributed by atoms with Crippen LogP contribution in [-0.4, -0.2) is 34.5 Å². The standard InChI is InChI=1S/C6H8O5S/c1-2-11-6(10)12-3-4(7)5(8)9/h2-3H2,1H3,(H,8,9). The van der Waals surface area contributed by atoms with E-state index in [9.17, 15) is 14.4 Å². The minimum atomic E-state index is -1.54. The maximum absolute atomic E-state index is 10.6. The molecule has 5 nitrogen and oxygen atoms in total. The Labute approximate surface area is 73.1 Å². The van der Waals surface area contributed by atoms with E-state index in [4.69, 9.17) is 5.11 Å². The third-order valence-corrected chi connectivity index (χ3v) is 1.58. The highest BCUT2D eigenvalue weighted by Gasteiger charge is 2.14. The number of carboxylic acid groups (broad SMARTS) is 1. The number of carbonyl (C=O) groups excluding carboxylic acids is 2. The van der Waals surface area contributed by atoms with Gasteiger partial charge in [0.25, 0.3) is 0 Å². The van der Waals surface area contributed by atoms with E-state index in [0.717, 1.165) is 0 Å². The van der Waals surface area contributed by atoms with Gasteiger partial charge in [-0.1, -0.05) is 0 Å². The summed E-state index contributed by atoms with van der Waals surface area (Å²) in [6.45, 7) is 1.84. The van der Waals surface area contributed by atoms with Crippen LogP contribution in [0.15, 0.2) is 0 Å². The quantitative estimate of drug-likeness (QED) is 0.517. The Bertz CT molecular complexity index is 200. The van der Waals surface area contributed by atoms with Gasteiger partial charge >= 0.3 is 11.3 Å². The number of ketones is 1. The van der Waals surface area contributed by atoms with Crippen molar-refractivity contribution in [1.82, 2.24) is 0 Å². The first-order valence-corrected chi connectivity index (χ1v) is 4.12. The zero-order valence-corrected chi connectivity index (χ0v) is 7.22. The first-order valence-electron chi connectivity index (χ1n) is 3.13. The van der Waals surface area contributed by atoms with Crippen LogP contribution in [-0.2, 0) is 14.3 Å². The van der Waals surface area contributed by atoms with Gasteiger partial charge in [-0.2, -0.15) is 0 Å². The molecule has 0 aliphatic heterocycles. The second-order valence-electron chi connectivity index (χ2n) is 1.70. The number of hydrogen-bond donors (Lipinski definition) is 1. The Kier molecular flexibility index (Phi) is 5.11. The molecular formula is C6H8O5S. The molecule has 0 saturated carbocycles. The smallest absolute Gasteiger partial charge is 0.373 e. The lowest BCUT2D eigenvalue weighted by Gasteiger charge is -1.97. The van der Waals surface area contributed by atoms with Crippen molar-refractivity contribution in [3.05, 3.63) is 0 Å². The fourth-order valence-electron chi connectivity index (χ4n) is 0.346. The van der Waals surface area contributed by atoms with E-state index in [1.54, 1.807) is 6.92 Å². The summed E-state index contributed by atoms with van der Waals surface area (Å²) in [4.78, 5) is 30.9. The lowest BCUT2D eigenvalue weighted by molar-refractivity contribution is -0.147. The maximum Gasteiger partial charge on any atom is 0.373 e. The Morgan fingerprint density at radius 2 is 2.00 bits per heavy atom. The summed E-state index contributed by atoms with van der Waals surface area (Å²) < 4.78 is 4.45. The Morgan fingerprint density at radius 3 is 2.42 bits per heavy atom. The topological polar surface area (TPSA) is 80.7 Å². The zero-order valence-electron chi connectivity index (χ0n) is 6.40. The molecular weight excluding hydrogens is 184 g/mol. The van der Waals surface area contributed by atoms with Crippen molar-refractivity contribution in [2.24, 2.45) is 0 Å². The van der Waals surface area contributed by atoms with Gasteiger partial charge in [0, 0.05) is 0 Å². The van der Waals surface area contributed by atoms with Gasteiger partial charge in [0.05, 0.1) is 12.4 Å². The van der Waals surface area contributed by atoms with Crippen molar-refractivity contribution >= 4 is 28.8 Å². The molecule has 0 aliphatic carbocycles. The number of thioether (sulfide) groups is 1. The number of hydrogen-bond acceptors (Lipinski definition) is 5. The molecule has 0 saturated heterocycles. The number of carbonyl (C=O) groups is 3. The summed E-state index contributed by atoms with van der Waals surface area (Å²) in [6.07, 6.45) is 0. The van der Waals surface area contributed by atoms with Gasteiger partial charge in [-0.05, 0) is 18.7 Å². The molecule has 6 heteroatoms. The summed E-state index contributed by atoms with van der Waals surface area (Å²) in [6, 6.07) is 0. The molecule has 0 amide bonds. The van der Waals surface area contributed by atoms with Crippen LogP contribution in [0.2, 0.25) is 0 Å². The van der Waals surface area contributed by atoms with E-state index in [1.807, 2.05) is 0 Å². The highest BCUT2D eigenvalue weighted by Crippen LogP contribution is 2.04. The Morgan fingerprint density at radius 1 is 1.42 bits per heavy atom. The van der Waals surface area contributed by atoms with Crippen LogP contribution >= 0.6 is 11.8 Å². The molecule has 0 radical (unpaired) electrons. The Balaban J connectivity index is 3.61. The normalized spacial score (nSPS) is 9.08. The van der Waals surface area contributed by atoms with Gasteiger partial charge in [0.2, 0.25) is 5.78 Å². The predicted octanol–water partition coefficient (Wildman–Crippen LogP) is 0.530. The first-order chi connectivity index (χ1) is 5.57. The number of rotatable bonds is 4. The summed E-state index contributed by atoms with van der Waals surface area (Å²) in [5.74, 6) is -2.92. The molecule has 0 fully saturated rings. The molecule has 0 bridgehead atoms. The molecule has 0 aliphatic rings. The molecule has 0 aromatic rings. The number of aliphatic carboxylic acids is 1. The highest BCUT2D eigenvalue weighted by molar-refractivity contribution is 8.13. The molecule has 68 valence electrons. The van der Waals surface area contributed by atoms with Gasteiger partial charge in [-0.15, -0.1) is 0 Å². The van der Waals surface area contributed by atoms with Crippen LogP contribution < -0.4 is 0 Å². The average Bonchev–Trinajstić information content (AvgIpc) is 2.00. The van der Waals surface area contributed by atoms with Crippen molar-refractivity contribution < 1.29 is 24.2 Å². The second-order valence-corrected chi connectivity index (χ2v) is 2.61. The summed E-state index contributed by atoms with van der Waals surface area (Å²) in [5.41, 5.74) is 0. The van der Waals surface area contributed by atoms with Gasteiger partial charge in [-0.25, -0.2) is 9.59 Å². The fraction of sp³-hybridized carbons (Fsp3) is 0.500. The van der Waals surface area contributed by atoms with Crippen molar-refractivity contribution in [3.63, 3.8) is 0 Å². The molecule has 0 spiro atoms. The highest BCUT2D eigenvalue weighted by atomic mass is 32.2. The third kappa shape index (κ3) is 4.73. The third-order valence-electron chi connectivity index (χ3n) is 0.822. The molecule has 1 N–H and O–H groups in total. The number of Topliss-reactive ketones (excluding diaryl/α,β-unsaturated/α-hetero) is 1. The van der Waals surface area contributed by atoms with E-state index in [1.165, 1.54) is 0 Å². The number of carboxylic acids is 1. The van der Waals surface area contributed by atoms with Crippen LogP contribution in [0.25, 0.3) is 0 Å². The van der Waals surface area contributed by atoms with Crippen molar-refractivity contribution in [3.8, 4) is 0 Å². The number of ether oxygens (including phenoxy) is 1. The summed E-state index contributed by atoms with van der Waals surface area (Å²) >= 11 is 0.546. The van der Waals surface area contributed by atoms with E-state index >= 15 is 0 Å². The van der Waals surface area contributed by atoms with E-state index in [0.29, 0.717) is 11.8 Å². The lowest BCUT2D eigenvalue weighted by Crippen LogP contribution is -2.16. The van der Waals surface area contributed by atoms with Gasteiger partial charge in [0.1, 0.15) is 0 Å². The van der Waals surface area contributed by atoms with Crippen molar-refractivity contribution in [1.29, 1.82) is 0 Å². The molecule has 0 aromatic heterocycles. The lowest BCUT2D eigenvalue weighted by atomic mass is 10.5. The monoisotopic (exact) mass is 192 g/mol. The van der Waals surface area contributed by atoms with Crippen LogP contribution in [0.5, 0.6) is 0 Å². The average molecular weight is 192 g/mol. The van der Waals surface area contributed by atoms with Gasteiger partial charge in [-0.3, -0.25) is 4.79 Å².